The highest BCUT2D eigenvalue weighted by molar-refractivity contribution is 5.75. The van der Waals surface area contributed by atoms with Crippen LogP contribution in [0.15, 0.2) is 0 Å². The molecule has 2 unspecified atom stereocenters. The van der Waals surface area contributed by atoms with Gasteiger partial charge in [-0.1, -0.05) is 13.3 Å². The Bertz CT molecular complexity index is 362. The van der Waals surface area contributed by atoms with E-state index >= 15 is 0 Å². The van der Waals surface area contributed by atoms with E-state index in [4.69, 9.17) is 9.47 Å². The van der Waals surface area contributed by atoms with Gasteiger partial charge in [0.1, 0.15) is 5.60 Å². The molecule has 1 fully saturated rings. The van der Waals surface area contributed by atoms with Gasteiger partial charge in [-0.25, -0.2) is 4.79 Å². The second kappa shape index (κ2) is 7.66. The Morgan fingerprint density at radius 1 is 1.24 bits per heavy atom. The van der Waals surface area contributed by atoms with Gasteiger partial charge in [0, 0.05) is 13.1 Å². The number of hydrogen-bond acceptors (Lipinski definition) is 4. The molecule has 0 bridgehead atoms. The van der Waals surface area contributed by atoms with Gasteiger partial charge in [-0.2, -0.15) is 0 Å². The van der Waals surface area contributed by atoms with Crippen molar-refractivity contribution in [2.24, 2.45) is 11.8 Å². The molecule has 0 N–H and O–H groups in total. The minimum atomic E-state index is -0.517. The van der Waals surface area contributed by atoms with Gasteiger partial charge in [-0.3, -0.25) is 4.79 Å². The van der Waals surface area contributed by atoms with Crippen molar-refractivity contribution in [2.45, 2.75) is 59.5 Å². The maximum atomic E-state index is 12.2. The lowest BCUT2D eigenvalue weighted by molar-refractivity contribution is -0.152. The zero-order valence-corrected chi connectivity index (χ0v) is 14.0. The van der Waals surface area contributed by atoms with E-state index in [0.29, 0.717) is 25.6 Å². The first-order valence-corrected chi connectivity index (χ1v) is 7.93. The Kier molecular flexibility index (Phi) is 6.49. The second-order valence-electron chi connectivity index (χ2n) is 6.62. The average Bonchev–Trinajstić information content (AvgIpc) is 2.37. The lowest BCUT2D eigenvalue weighted by Crippen LogP contribution is -2.48. The fourth-order valence-corrected chi connectivity index (χ4v) is 2.73. The molecule has 0 aromatic heterocycles. The van der Waals surface area contributed by atoms with Crippen molar-refractivity contribution >= 4 is 12.1 Å². The van der Waals surface area contributed by atoms with Crippen LogP contribution in [0.1, 0.15) is 53.9 Å². The highest BCUT2D eigenvalue weighted by Crippen LogP contribution is 2.29. The first-order chi connectivity index (χ1) is 9.78. The van der Waals surface area contributed by atoms with Crippen LogP contribution in [0.4, 0.5) is 4.79 Å². The standard InChI is InChI=1S/C16H29NO4/c1-6-8-12-9-10-17(15(19)21-16(3,4)5)11-13(12)14(18)20-7-2/h12-13H,6-11H2,1-5H3. The Hall–Kier alpha value is -1.26. The topological polar surface area (TPSA) is 55.8 Å². The van der Waals surface area contributed by atoms with Crippen LogP contribution in [0.5, 0.6) is 0 Å². The normalized spacial score (nSPS) is 22.8. The number of nitrogens with zero attached hydrogens (tertiary/aromatic N) is 1. The highest BCUT2D eigenvalue weighted by Gasteiger charge is 2.37. The minimum absolute atomic E-state index is 0.191. The van der Waals surface area contributed by atoms with Crippen LogP contribution in [-0.2, 0) is 14.3 Å². The van der Waals surface area contributed by atoms with Crippen molar-refractivity contribution in [3.63, 3.8) is 0 Å². The average molecular weight is 299 g/mol. The van der Waals surface area contributed by atoms with Gasteiger partial charge in [0.15, 0.2) is 0 Å². The number of carbonyl (C=O) groups excluding carboxylic acids is 2. The molecular weight excluding hydrogens is 270 g/mol. The summed E-state index contributed by atoms with van der Waals surface area (Å²) in [6.45, 7) is 10.9. The van der Waals surface area contributed by atoms with E-state index in [0.717, 1.165) is 19.3 Å². The van der Waals surface area contributed by atoms with Crippen LogP contribution < -0.4 is 0 Å². The Morgan fingerprint density at radius 3 is 2.43 bits per heavy atom. The molecule has 122 valence electrons. The SMILES string of the molecule is CCCC1CCN(C(=O)OC(C)(C)C)CC1C(=O)OCC. The lowest BCUT2D eigenvalue weighted by atomic mass is 9.82. The highest BCUT2D eigenvalue weighted by atomic mass is 16.6. The first-order valence-electron chi connectivity index (χ1n) is 7.93. The summed E-state index contributed by atoms with van der Waals surface area (Å²) in [4.78, 5) is 25.9. The summed E-state index contributed by atoms with van der Waals surface area (Å²) in [5.41, 5.74) is -0.517. The molecule has 1 aliphatic rings. The van der Waals surface area contributed by atoms with Crippen molar-refractivity contribution < 1.29 is 19.1 Å². The molecule has 1 heterocycles. The van der Waals surface area contributed by atoms with Gasteiger partial charge >= 0.3 is 12.1 Å². The molecule has 1 amide bonds. The Labute approximate surface area is 128 Å². The lowest BCUT2D eigenvalue weighted by Gasteiger charge is -2.37. The third-order valence-corrected chi connectivity index (χ3v) is 3.66. The van der Waals surface area contributed by atoms with Gasteiger partial charge in [-0.05, 0) is 46.5 Å². The van der Waals surface area contributed by atoms with E-state index < -0.39 is 5.60 Å². The fourth-order valence-electron chi connectivity index (χ4n) is 2.73. The quantitative estimate of drug-likeness (QED) is 0.748. The maximum absolute atomic E-state index is 12.2. The van der Waals surface area contributed by atoms with Crippen LogP contribution >= 0.6 is 0 Å². The van der Waals surface area contributed by atoms with Crippen molar-refractivity contribution in [1.29, 1.82) is 0 Å². The summed E-state index contributed by atoms with van der Waals surface area (Å²) < 4.78 is 10.6. The summed E-state index contributed by atoms with van der Waals surface area (Å²) in [5.74, 6) is -0.122. The van der Waals surface area contributed by atoms with Gasteiger partial charge in [0.05, 0.1) is 12.5 Å². The summed E-state index contributed by atoms with van der Waals surface area (Å²) in [6.07, 6.45) is 2.52. The Balaban J connectivity index is 2.72. The van der Waals surface area contributed by atoms with E-state index in [-0.39, 0.29) is 18.0 Å². The van der Waals surface area contributed by atoms with Crippen molar-refractivity contribution in [3.05, 3.63) is 0 Å². The van der Waals surface area contributed by atoms with E-state index in [1.807, 2.05) is 20.8 Å². The van der Waals surface area contributed by atoms with Gasteiger partial charge in [-0.15, -0.1) is 0 Å². The fraction of sp³-hybridized carbons (Fsp3) is 0.875. The number of hydrogen-bond donors (Lipinski definition) is 0. The van der Waals surface area contributed by atoms with E-state index in [2.05, 4.69) is 6.92 Å². The molecule has 2 atom stereocenters. The molecule has 0 spiro atoms. The molecule has 5 heteroatoms. The van der Waals surface area contributed by atoms with Crippen LogP contribution in [0.2, 0.25) is 0 Å². The molecule has 1 rings (SSSR count). The number of piperidine rings is 1. The zero-order valence-electron chi connectivity index (χ0n) is 14.0. The number of amides is 1. The zero-order chi connectivity index (χ0) is 16.0. The monoisotopic (exact) mass is 299 g/mol. The molecular formula is C16H29NO4. The van der Waals surface area contributed by atoms with Crippen molar-refractivity contribution in [1.82, 2.24) is 4.90 Å². The largest absolute Gasteiger partial charge is 0.466 e. The predicted octanol–water partition coefficient (Wildman–Crippen LogP) is 3.22. The predicted molar refractivity (Wildman–Crippen MR) is 80.9 cm³/mol. The van der Waals surface area contributed by atoms with Crippen LogP contribution in [0.25, 0.3) is 0 Å². The smallest absolute Gasteiger partial charge is 0.410 e. The van der Waals surface area contributed by atoms with E-state index in [1.165, 1.54) is 0 Å². The van der Waals surface area contributed by atoms with Gasteiger partial charge < -0.3 is 14.4 Å². The first kappa shape index (κ1) is 17.8. The molecule has 21 heavy (non-hydrogen) atoms. The van der Waals surface area contributed by atoms with Crippen LogP contribution in [0.3, 0.4) is 0 Å². The molecule has 5 nitrogen and oxygen atoms in total. The molecule has 0 aromatic rings. The number of likely N-dealkylation sites (tertiary alicyclic amines) is 1. The van der Waals surface area contributed by atoms with Crippen molar-refractivity contribution in [3.8, 4) is 0 Å². The van der Waals surface area contributed by atoms with Gasteiger partial charge in [0.25, 0.3) is 0 Å². The third-order valence-electron chi connectivity index (χ3n) is 3.66. The second-order valence-corrected chi connectivity index (χ2v) is 6.62. The molecule has 0 aromatic carbocycles. The number of ether oxygens (including phenoxy) is 2. The van der Waals surface area contributed by atoms with Gasteiger partial charge in [0.2, 0.25) is 0 Å². The molecule has 0 aliphatic carbocycles. The number of carbonyl (C=O) groups is 2. The molecule has 0 radical (unpaired) electrons. The summed E-state index contributed by atoms with van der Waals surface area (Å²) in [6, 6.07) is 0. The summed E-state index contributed by atoms with van der Waals surface area (Å²) in [5, 5.41) is 0. The van der Waals surface area contributed by atoms with Crippen LogP contribution in [-0.4, -0.2) is 42.3 Å². The van der Waals surface area contributed by atoms with E-state index in [9.17, 15) is 9.59 Å². The minimum Gasteiger partial charge on any atom is -0.466 e. The van der Waals surface area contributed by atoms with Crippen molar-refractivity contribution in [2.75, 3.05) is 19.7 Å². The molecule has 1 aliphatic heterocycles. The Morgan fingerprint density at radius 2 is 1.90 bits per heavy atom. The molecule has 1 saturated heterocycles. The summed E-state index contributed by atoms with van der Waals surface area (Å²) >= 11 is 0. The number of rotatable bonds is 4. The molecule has 0 saturated carbocycles. The maximum Gasteiger partial charge on any atom is 0.410 e. The summed E-state index contributed by atoms with van der Waals surface area (Å²) in [7, 11) is 0. The van der Waals surface area contributed by atoms with Crippen LogP contribution in [0, 0.1) is 11.8 Å². The number of esters is 1. The third kappa shape index (κ3) is 5.56. The van der Waals surface area contributed by atoms with E-state index in [1.54, 1.807) is 11.8 Å².